The molecule has 2 aromatic heterocycles. The summed E-state index contributed by atoms with van der Waals surface area (Å²) >= 11 is 0. The molecule has 1 unspecified atom stereocenters. The molecular weight excluding hydrogens is 276 g/mol. The van der Waals surface area contributed by atoms with Crippen molar-refractivity contribution >= 4 is 10.9 Å². The van der Waals surface area contributed by atoms with Crippen molar-refractivity contribution in [2.24, 2.45) is 0 Å². The van der Waals surface area contributed by atoms with Gasteiger partial charge in [-0.25, -0.2) is 0 Å². The molecule has 0 aliphatic heterocycles. The molecule has 1 atom stereocenters. The lowest BCUT2D eigenvalue weighted by atomic mass is 10.0. The first-order chi connectivity index (χ1) is 10.7. The molecule has 4 nitrogen and oxygen atoms in total. The quantitative estimate of drug-likeness (QED) is 0.779. The maximum atomic E-state index is 12.8. The van der Waals surface area contributed by atoms with E-state index < -0.39 is 6.10 Å². The number of aromatic amines is 1. The number of fused-ring (bicyclic) bond motifs is 1. The molecule has 2 heterocycles. The van der Waals surface area contributed by atoms with Gasteiger partial charge < -0.3 is 10.1 Å². The van der Waals surface area contributed by atoms with Crippen LogP contribution in [-0.2, 0) is 0 Å². The molecule has 4 rings (SSSR count). The third-order valence-corrected chi connectivity index (χ3v) is 4.40. The van der Waals surface area contributed by atoms with E-state index in [0.717, 1.165) is 35.0 Å². The van der Waals surface area contributed by atoms with Gasteiger partial charge in [0.15, 0.2) is 0 Å². The van der Waals surface area contributed by atoms with Crippen LogP contribution in [0.15, 0.2) is 47.5 Å². The summed E-state index contributed by atoms with van der Waals surface area (Å²) in [6.45, 7) is 1.74. The summed E-state index contributed by atoms with van der Waals surface area (Å²) < 4.78 is 1.71. The van der Waals surface area contributed by atoms with E-state index in [9.17, 15) is 9.90 Å². The van der Waals surface area contributed by atoms with Crippen LogP contribution >= 0.6 is 0 Å². The van der Waals surface area contributed by atoms with Crippen LogP contribution in [0, 0.1) is 0 Å². The molecular formula is C18H18N2O2. The molecule has 0 bridgehead atoms. The molecule has 112 valence electrons. The highest BCUT2D eigenvalue weighted by Gasteiger charge is 2.29. The first-order valence-electron chi connectivity index (χ1n) is 7.67. The van der Waals surface area contributed by atoms with Crippen LogP contribution in [0.3, 0.4) is 0 Å². The fourth-order valence-electron chi connectivity index (χ4n) is 3.11. The normalized spacial score (nSPS) is 16.1. The summed E-state index contributed by atoms with van der Waals surface area (Å²) in [5.41, 5.74) is 3.36. The molecule has 0 spiro atoms. The number of nitrogens with zero attached hydrogens (tertiary/aromatic N) is 1. The first-order valence-corrected chi connectivity index (χ1v) is 7.67. The third kappa shape index (κ3) is 1.99. The van der Waals surface area contributed by atoms with E-state index in [0.29, 0.717) is 11.4 Å². The van der Waals surface area contributed by atoms with Gasteiger partial charge in [-0.05, 0) is 43.4 Å². The van der Waals surface area contributed by atoms with E-state index >= 15 is 0 Å². The SMILES string of the molecule is CC(O)c1c[nH]c2c(=O)n(-c3ccccc3)cc(C3CC3)c12. The lowest BCUT2D eigenvalue weighted by molar-refractivity contribution is 0.201. The van der Waals surface area contributed by atoms with Gasteiger partial charge >= 0.3 is 0 Å². The molecule has 2 N–H and O–H groups in total. The fourth-order valence-corrected chi connectivity index (χ4v) is 3.11. The summed E-state index contributed by atoms with van der Waals surface area (Å²) in [6.07, 6.45) is 5.42. The summed E-state index contributed by atoms with van der Waals surface area (Å²) in [4.78, 5) is 15.9. The van der Waals surface area contributed by atoms with Crippen LogP contribution in [0.25, 0.3) is 16.6 Å². The minimum Gasteiger partial charge on any atom is -0.389 e. The van der Waals surface area contributed by atoms with Gasteiger partial charge in [-0.2, -0.15) is 0 Å². The minimum atomic E-state index is -0.585. The molecule has 1 saturated carbocycles. The molecule has 22 heavy (non-hydrogen) atoms. The van der Waals surface area contributed by atoms with Gasteiger partial charge in [0.25, 0.3) is 5.56 Å². The van der Waals surface area contributed by atoms with Gasteiger partial charge in [0.05, 0.1) is 6.10 Å². The molecule has 1 aromatic carbocycles. The van der Waals surface area contributed by atoms with E-state index in [1.165, 1.54) is 0 Å². The Morgan fingerprint density at radius 1 is 1.27 bits per heavy atom. The second kappa shape index (κ2) is 4.85. The molecule has 3 aromatic rings. The Morgan fingerprint density at radius 3 is 2.64 bits per heavy atom. The average Bonchev–Trinajstić information content (AvgIpc) is 3.26. The Morgan fingerprint density at radius 2 is 2.00 bits per heavy atom. The van der Waals surface area contributed by atoms with Crippen molar-refractivity contribution in [2.45, 2.75) is 31.8 Å². The Labute approximate surface area is 128 Å². The van der Waals surface area contributed by atoms with Crippen molar-refractivity contribution in [2.75, 3.05) is 0 Å². The van der Waals surface area contributed by atoms with Crippen molar-refractivity contribution in [1.82, 2.24) is 9.55 Å². The highest BCUT2D eigenvalue weighted by Crippen LogP contribution is 2.44. The minimum absolute atomic E-state index is 0.0718. The standard InChI is InChI=1S/C18H18N2O2/c1-11(21)14-9-19-17-16(14)15(12-7-8-12)10-20(18(17)22)13-5-3-2-4-6-13/h2-6,9-12,19,21H,7-8H2,1H3. The number of H-pyrrole nitrogens is 1. The summed E-state index contributed by atoms with van der Waals surface area (Å²) in [6, 6.07) is 9.66. The number of hydrogen-bond acceptors (Lipinski definition) is 2. The van der Waals surface area contributed by atoms with Crippen molar-refractivity contribution in [3.05, 3.63) is 64.2 Å². The Kier molecular flexibility index (Phi) is 2.94. The monoisotopic (exact) mass is 294 g/mol. The largest absolute Gasteiger partial charge is 0.389 e. The second-order valence-corrected chi connectivity index (χ2v) is 6.04. The molecule has 1 aliphatic carbocycles. The zero-order chi connectivity index (χ0) is 15.3. The number of benzene rings is 1. The summed E-state index contributed by atoms with van der Waals surface area (Å²) in [7, 11) is 0. The maximum Gasteiger partial charge on any atom is 0.279 e. The molecule has 1 fully saturated rings. The number of aromatic nitrogens is 2. The summed E-state index contributed by atoms with van der Waals surface area (Å²) in [5, 5.41) is 10.9. The topological polar surface area (TPSA) is 58.0 Å². The van der Waals surface area contributed by atoms with Crippen LogP contribution in [0.4, 0.5) is 0 Å². The zero-order valence-corrected chi connectivity index (χ0v) is 12.4. The van der Waals surface area contributed by atoms with Crippen LogP contribution in [-0.4, -0.2) is 14.7 Å². The number of para-hydroxylation sites is 1. The number of nitrogens with one attached hydrogen (secondary N) is 1. The number of aliphatic hydroxyl groups is 1. The maximum absolute atomic E-state index is 12.8. The Bertz CT molecular complexity index is 887. The number of aliphatic hydroxyl groups excluding tert-OH is 1. The van der Waals surface area contributed by atoms with Crippen molar-refractivity contribution in [3.8, 4) is 5.69 Å². The lowest BCUT2D eigenvalue weighted by Gasteiger charge is -2.12. The third-order valence-electron chi connectivity index (χ3n) is 4.40. The zero-order valence-electron chi connectivity index (χ0n) is 12.4. The average molecular weight is 294 g/mol. The Hall–Kier alpha value is -2.33. The number of pyridine rings is 1. The summed E-state index contributed by atoms with van der Waals surface area (Å²) in [5.74, 6) is 0.492. The van der Waals surface area contributed by atoms with Gasteiger partial charge in [0.1, 0.15) is 5.52 Å². The van der Waals surface area contributed by atoms with Gasteiger partial charge in [0.2, 0.25) is 0 Å². The second-order valence-electron chi connectivity index (χ2n) is 6.04. The predicted molar refractivity (Wildman–Crippen MR) is 86.5 cm³/mol. The smallest absolute Gasteiger partial charge is 0.279 e. The van der Waals surface area contributed by atoms with Crippen LogP contribution in [0.1, 0.15) is 42.9 Å². The molecule has 4 heteroatoms. The molecule has 1 aliphatic rings. The molecule has 0 saturated heterocycles. The van der Waals surface area contributed by atoms with Crippen LogP contribution < -0.4 is 5.56 Å². The highest BCUT2D eigenvalue weighted by molar-refractivity contribution is 5.87. The first kappa shape index (κ1) is 13.3. The van der Waals surface area contributed by atoms with E-state index in [4.69, 9.17) is 0 Å². The van der Waals surface area contributed by atoms with E-state index in [-0.39, 0.29) is 5.56 Å². The van der Waals surface area contributed by atoms with Gasteiger partial charge in [-0.1, -0.05) is 18.2 Å². The van der Waals surface area contributed by atoms with E-state index in [1.807, 2.05) is 36.5 Å². The van der Waals surface area contributed by atoms with Gasteiger partial charge in [0, 0.05) is 29.0 Å². The Balaban J connectivity index is 2.06. The highest BCUT2D eigenvalue weighted by atomic mass is 16.3. The molecule has 0 radical (unpaired) electrons. The van der Waals surface area contributed by atoms with Crippen molar-refractivity contribution < 1.29 is 5.11 Å². The fraction of sp³-hybridized carbons (Fsp3) is 0.278. The number of rotatable bonds is 3. The van der Waals surface area contributed by atoms with Gasteiger partial charge in [-0.3, -0.25) is 9.36 Å². The van der Waals surface area contributed by atoms with E-state index in [1.54, 1.807) is 17.7 Å². The lowest BCUT2D eigenvalue weighted by Crippen LogP contribution is -2.19. The predicted octanol–water partition coefficient (Wildman–Crippen LogP) is 3.25. The van der Waals surface area contributed by atoms with Crippen LogP contribution in [0.5, 0.6) is 0 Å². The van der Waals surface area contributed by atoms with E-state index in [2.05, 4.69) is 4.98 Å². The van der Waals surface area contributed by atoms with Crippen molar-refractivity contribution in [1.29, 1.82) is 0 Å². The van der Waals surface area contributed by atoms with Crippen molar-refractivity contribution in [3.63, 3.8) is 0 Å². The van der Waals surface area contributed by atoms with Crippen LogP contribution in [0.2, 0.25) is 0 Å². The molecule has 0 amide bonds. The number of hydrogen-bond donors (Lipinski definition) is 2. The van der Waals surface area contributed by atoms with Gasteiger partial charge in [-0.15, -0.1) is 0 Å².